The van der Waals surface area contributed by atoms with Gasteiger partial charge >= 0.3 is 12.1 Å². The van der Waals surface area contributed by atoms with E-state index in [1.54, 1.807) is 13.8 Å². The van der Waals surface area contributed by atoms with Gasteiger partial charge in [-0.3, -0.25) is 9.59 Å². The van der Waals surface area contributed by atoms with E-state index < -0.39 is 30.1 Å². The third-order valence-corrected chi connectivity index (χ3v) is 6.12. The Hall–Kier alpha value is -3.35. The smallest absolute Gasteiger partial charge is 0.407 e. The first kappa shape index (κ1) is 23.3. The normalized spacial score (nSPS) is 15.1. The van der Waals surface area contributed by atoms with Crippen LogP contribution in [-0.4, -0.2) is 41.8 Å². The van der Waals surface area contributed by atoms with Gasteiger partial charge in [-0.25, -0.2) is 4.79 Å². The van der Waals surface area contributed by atoms with Crippen LogP contribution in [0.15, 0.2) is 48.5 Å². The van der Waals surface area contributed by atoms with Crippen molar-refractivity contribution in [2.45, 2.75) is 51.6 Å². The van der Waals surface area contributed by atoms with Crippen molar-refractivity contribution in [1.29, 1.82) is 0 Å². The number of ether oxygens (including phenoxy) is 1. The number of carbonyl (C=O) groups is 3. The Kier molecular flexibility index (Phi) is 7.51. The number of rotatable bonds is 9. The fraction of sp³-hybridized carbons (Fsp3) is 0.400. The molecule has 0 saturated heterocycles. The molecule has 2 unspecified atom stereocenters. The Bertz CT molecular complexity index is 944. The number of nitrogens with one attached hydrogen (secondary N) is 2. The van der Waals surface area contributed by atoms with Gasteiger partial charge in [0.05, 0.1) is 5.92 Å². The zero-order valence-corrected chi connectivity index (χ0v) is 18.6. The first-order valence-corrected chi connectivity index (χ1v) is 11.0. The number of benzene rings is 2. The average molecular weight is 439 g/mol. The maximum atomic E-state index is 12.5. The molecule has 0 spiro atoms. The molecule has 0 aromatic heterocycles. The third kappa shape index (κ3) is 5.28. The molecule has 1 aliphatic carbocycles. The molecule has 0 saturated carbocycles. The van der Waals surface area contributed by atoms with Crippen molar-refractivity contribution in [2.24, 2.45) is 5.92 Å². The summed E-state index contributed by atoms with van der Waals surface area (Å²) in [7, 11) is 0. The fourth-order valence-corrected chi connectivity index (χ4v) is 3.98. The molecule has 2 amide bonds. The van der Waals surface area contributed by atoms with Crippen LogP contribution in [0.1, 0.15) is 50.7 Å². The highest BCUT2D eigenvalue weighted by Gasteiger charge is 2.29. The number of amides is 2. The molecule has 0 radical (unpaired) electrons. The number of aliphatic carboxylic acids is 1. The van der Waals surface area contributed by atoms with E-state index in [4.69, 9.17) is 9.84 Å². The molecule has 3 rings (SSSR count). The molecule has 0 fully saturated rings. The van der Waals surface area contributed by atoms with Crippen LogP contribution in [0.5, 0.6) is 0 Å². The summed E-state index contributed by atoms with van der Waals surface area (Å²) in [5.41, 5.74) is 4.58. The van der Waals surface area contributed by atoms with Gasteiger partial charge in [0.2, 0.25) is 5.91 Å². The molecule has 2 aromatic carbocycles. The van der Waals surface area contributed by atoms with Crippen LogP contribution in [0.3, 0.4) is 0 Å². The molecule has 7 nitrogen and oxygen atoms in total. The monoisotopic (exact) mass is 438 g/mol. The number of alkyl carbamates (subject to hydrolysis) is 1. The van der Waals surface area contributed by atoms with Crippen molar-refractivity contribution in [3.8, 4) is 11.1 Å². The lowest BCUT2D eigenvalue weighted by Crippen LogP contribution is -2.44. The van der Waals surface area contributed by atoms with Crippen LogP contribution in [0.25, 0.3) is 11.1 Å². The van der Waals surface area contributed by atoms with Gasteiger partial charge in [-0.2, -0.15) is 0 Å². The van der Waals surface area contributed by atoms with Crippen LogP contribution in [0.2, 0.25) is 0 Å². The summed E-state index contributed by atoms with van der Waals surface area (Å²) in [4.78, 5) is 35.8. The Labute approximate surface area is 188 Å². The van der Waals surface area contributed by atoms with Gasteiger partial charge in [0.25, 0.3) is 0 Å². The predicted molar refractivity (Wildman–Crippen MR) is 121 cm³/mol. The number of carboxylic acid groups (broad SMARTS) is 1. The number of carbonyl (C=O) groups excluding carboxylic acids is 2. The van der Waals surface area contributed by atoms with Crippen molar-refractivity contribution in [1.82, 2.24) is 10.6 Å². The number of carboxylic acids is 1. The SMILES string of the molecule is CC[C@@H](CC(=O)NC(C)C(C)C(=O)O)NC(=O)OCC1c2ccccc2-c2ccccc21. The van der Waals surface area contributed by atoms with Gasteiger partial charge in [0.1, 0.15) is 6.61 Å². The van der Waals surface area contributed by atoms with E-state index in [-0.39, 0.29) is 24.9 Å². The molecule has 7 heteroatoms. The predicted octanol–water partition coefficient (Wildman–Crippen LogP) is 3.92. The molecule has 2 aromatic rings. The Morgan fingerprint density at radius 1 is 0.969 bits per heavy atom. The standard InChI is InChI=1S/C25H30N2O5/c1-4-17(13-23(28)26-16(3)15(2)24(29)30)27-25(31)32-14-22-20-11-7-5-9-18(20)19-10-6-8-12-21(19)22/h5-12,15-17,22H,4,13-14H2,1-3H3,(H,26,28)(H,27,31)(H,29,30)/t15?,16?,17-/m0/s1. The molecule has 170 valence electrons. The second kappa shape index (κ2) is 10.3. The van der Waals surface area contributed by atoms with Gasteiger partial charge in [0.15, 0.2) is 0 Å². The van der Waals surface area contributed by atoms with Crippen molar-refractivity contribution in [3.63, 3.8) is 0 Å². The zero-order chi connectivity index (χ0) is 23.3. The average Bonchev–Trinajstić information content (AvgIpc) is 3.10. The summed E-state index contributed by atoms with van der Waals surface area (Å²) < 4.78 is 5.54. The Morgan fingerprint density at radius 3 is 2.06 bits per heavy atom. The summed E-state index contributed by atoms with van der Waals surface area (Å²) in [6.07, 6.45) is 0.0242. The highest BCUT2D eigenvalue weighted by Crippen LogP contribution is 2.44. The van der Waals surface area contributed by atoms with Crippen LogP contribution < -0.4 is 10.6 Å². The number of hydrogen-bond acceptors (Lipinski definition) is 4. The lowest BCUT2D eigenvalue weighted by Gasteiger charge is -2.21. The molecular formula is C25H30N2O5. The van der Waals surface area contributed by atoms with Gasteiger partial charge in [0, 0.05) is 24.4 Å². The molecule has 1 aliphatic rings. The minimum atomic E-state index is -0.971. The maximum Gasteiger partial charge on any atom is 0.407 e. The van der Waals surface area contributed by atoms with E-state index in [1.807, 2.05) is 31.2 Å². The third-order valence-electron chi connectivity index (χ3n) is 6.12. The first-order chi connectivity index (χ1) is 15.3. The quantitative estimate of drug-likeness (QED) is 0.550. The Balaban J connectivity index is 1.55. The maximum absolute atomic E-state index is 12.5. The van der Waals surface area contributed by atoms with Crippen LogP contribution in [-0.2, 0) is 14.3 Å². The van der Waals surface area contributed by atoms with Gasteiger partial charge in [-0.05, 0) is 42.5 Å². The highest BCUT2D eigenvalue weighted by molar-refractivity contribution is 5.80. The van der Waals surface area contributed by atoms with E-state index in [1.165, 1.54) is 0 Å². The highest BCUT2D eigenvalue weighted by atomic mass is 16.5. The molecule has 32 heavy (non-hydrogen) atoms. The molecule has 0 heterocycles. The topological polar surface area (TPSA) is 105 Å². The molecule has 3 atom stereocenters. The molecule has 3 N–H and O–H groups in total. The first-order valence-electron chi connectivity index (χ1n) is 11.0. The van der Waals surface area contributed by atoms with E-state index >= 15 is 0 Å². The van der Waals surface area contributed by atoms with Crippen LogP contribution in [0, 0.1) is 5.92 Å². The second-order valence-electron chi connectivity index (χ2n) is 8.26. The van der Waals surface area contributed by atoms with E-state index in [0.29, 0.717) is 6.42 Å². The summed E-state index contributed by atoms with van der Waals surface area (Å²) >= 11 is 0. The summed E-state index contributed by atoms with van der Waals surface area (Å²) in [6.45, 7) is 5.26. The minimum absolute atomic E-state index is 0.0325. The molecule has 0 bridgehead atoms. The van der Waals surface area contributed by atoms with Gasteiger partial charge in [-0.1, -0.05) is 55.5 Å². The molecular weight excluding hydrogens is 408 g/mol. The van der Waals surface area contributed by atoms with Crippen molar-refractivity contribution < 1.29 is 24.2 Å². The van der Waals surface area contributed by atoms with E-state index in [9.17, 15) is 14.4 Å². The van der Waals surface area contributed by atoms with Gasteiger partial charge < -0.3 is 20.5 Å². The lowest BCUT2D eigenvalue weighted by atomic mass is 9.98. The van der Waals surface area contributed by atoms with Crippen molar-refractivity contribution in [2.75, 3.05) is 6.61 Å². The number of fused-ring (bicyclic) bond motifs is 3. The van der Waals surface area contributed by atoms with E-state index in [0.717, 1.165) is 22.3 Å². The second-order valence-corrected chi connectivity index (χ2v) is 8.26. The summed E-state index contributed by atoms with van der Waals surface area (Å²) in [5.74, 6) is -2.01. The molecule has 0 aliphatic heterocycles. The summed E-state index contributed by atoms with van der Waals surface area (Å²) in [6, 6.07) is 15.3. The lowest BCUT2D eigenvalue weighted by molar-refractivity contribution is -0.142. The zero-order valence-electron chi connectivity index (χ0n) is 18.6. The van der Waals surface area contributed by atoms with Crippen LogP contribution in [0.4, 0.5) is 4.79 Å². The largest absolute Gasteiger partial charge is 0.481 e. The number of hydrogen-bond donors (Lipinski definition) is 3. The van der Waals surface area contributed by atoms with Gasteiger partial charge in [-0.15, -0.1) is 0 Å². The summed E-state index contributed by atoms with van der Waals surface area (Å²) in [5, 5.41) is 14.5. The van der Waals surface area contributed by atoms with Crippen molar-refractivity contribution in [3.05, 3.63) is 59.7 Å². The van der Waals surface area contributed by atoms with Crippen molar-refractivity contribution >= 4 is 18.0 Å². The Morgan fingerprint density at radius 2 is 1.53 bits per heavy atom. The van der Waals surface area contributed by atoms with Crippen LogP contribution >= 0.6 is 0 Å². The fourth-order valence-electron chi connectivity index (χ4n) is 3.98. The van der Waals surface area contributed by atoms with E-state index in [2.05, 4.69) is 34.9 Å². The minimum Gasteiger partial charge on any atom is -0.481 e.